The van der Waals surface area contributed by atoms with E-state index in [1.54, 1.807) is 0 Å². The second-order valence-electron chi connectivity index (χ2n) is 13.0. The third-order valence-electron chi connectivity index (χ3n) is 10.1. The van der Waals surface area contributed by atoms with Gasteiger partial charge in [-0.15, -0.1) is 0 Å². The Kier molecular flexibility index (Phi) is 6.53. The molecule has 0 N–H and O–H groups in total. The summed E-state index contributed by atoms with van der Waals surface area (Å²) in [5.41, 5.74) is 14.4. The number of nitrogens with zero attached hydrogens (tertiary/aromatic N) is 2. The van der Waals surface area contributed by atoms with Crippen LogP contribution in [0, 0.1) is 0 Å². The fourth-order valence-electron chi connectivity index (χ4n) is 7.77. The van der Waals surface area contributed by atoms with Crippen LogP contribution in [0.5, 0.6) is 0 Å². The number of hydrogen-bond acceptors (Lipinski definition) is 0. The molecule has 0 amide bonds. The summed E-state index contributed by atoms with van der Waals surface area (Å²) >= 11 is 0. The lowest BCUT2D eigenvalue weighted by Crippen LogP contribution is -1.95. The molecule has 234 valence electrons. The monoisotopic (exact) mass is 636 g/mol. The van der Waals surface area contributed by atoms with E-state index in [2.05, 4.69) is 203 Å². The molecule has 0 saturated carbocycles. The molecule has 2 heterocycles. The van der Waals surface area contributed by atoms with Gasteiger partial charge in [0.1, 0.15) is 0 Å². The van der Waals surface area contributed by atoms with Crippen LogP contribution in [0.15, 0.2) is 194 Å². The van der Waals surface area contributed by atoms with Gasteiger partial charge in [0.05, 0.1) is 22.1 Å². The van der Waals surface area contributed by atoms with Crippen molar-refractivity contribution in [2.75, 3.05) is 0 Å². The minimum atomic E-state index is 1.15. The third kappa shape index (κ3) is 4.57. The standard InChI is InChI=1S/C48H32N2/c1-4-14-33(15-5-1)36-28-37(34-16-6-2-7-17-34)30-38(29-36)35-24-26-43-44-32-40(25-27-47(44)49(48(43)31-35)39-18-8-3-9-19-39)50-45-22-12-10-20-41(45)42-21-11-13-23-46(42)50/h1-32H. The lowest BCUT2D eigenvalue weighted by atomic mass is 9.93. The molecule has 8 aromatic carbocycles. The average molecular weight is 637 g/mol. The molecule has 0 spiro atoms. The first kappa shape index (κ1) is 28.4. The van der Waals surface area contributed by atoms with Crippen LogP contribution in [0.3, 0.4) is 0 Å². The van der Waals surface area contributed by atoms with Gasteiger partial charge in [-0.1, -0.05) is 127 Å². The zero-order valence-corrected chi connectivity index (χ0v) is 27.4. The van der Waals surface area contributed by atoms with E-state index in [9.17, 15) is 0 Å². The first-order chi connectivity index (χ1) is 24.8. The topological polar surface area (TPSA) is 9.86 Å². The van der Waals surface area contributed by atoms with Crippen molar-refractivity contribution < 1.29 is 0 Å². The lowest BCUT2D eigenvalue weighted by molar-refractivity contribution is 1.17. The highest BCUT2D eigenvalue weighted by molar-refractivity contribution is 6.13. The van der Waals surface area contributed by atoms with Gasteiger partial charge in [0.15, 0.2) is 0 Å². The van der Waals surface area contributed by atoms with Gasteiger partial charge in [-0.25, -0.2) is 0 Å². The van der Waals surface area contributed by atoms with Crippen molar-refractivity contribution in [3.8, 4) is 44.8 Å². The van der Waals surface area contributed by atoms with Gasteiger partial charge in [0, 0.05) is 32.9 Å². The number of fused-ring (bicyclic) bond motifs is 6. The molecule has 0 aliphatic carbocycles. The number of benzene rings is 8. The Morgan fingerprint density at radius 3 is 1.28 bits per heavy atom. The molecule has 2 aromatic heterocycles. The van der Waals surface area contributed by atoms with Crippen molar-refractivity contribution in [3.05, 3.63) is 194 Å². The fraction of sp³-hybridized carbons (Fsp3) is 0. The Morgan fingerprint density at radius 2 is 0.680 bits per heavy atom. The van der Waals surface area contributed by atoms with Crippen molar-refractivity contribution in [3.63, 3.8) is 0 Å². The summed E-state index contributed by atoms with van der Waals surface area (Å²) in [6, 6.07) is 70.5. The van der Waals surface area contributed by atoms with E-state index < -0.39 is 0 Å². The first-order valence-corrected chi connectivity index (χ1v) is 17.2. The van der Waals surface area contributed by atoms with E-state index in [1.165, 1.54) is 77.0 Å². The van der Waals surface area contributed by atoms with Crippen molar-refractivity contribution in [1.29, 1.82) is 0 Å². The van der Waals surface area contributed by atoms with Crippen molar-refractivity contribution >= 4 is 43.6 Å². The van der Waals surface area contributed by atoms with Crippen molar-refractivity contribution in [1.82, 2.24) is 9.13 Å². The maximum Gasteiger partial charge on any atom is 0.0547 e. The van der Waals surface area contributed by atoms with E-state index >= 15 is 0 Å². The Labute approximate surface area is 290 Å². The Balaban J connectivity index is 1.22. The molecule has 0 fully saturated rings. The predicted molar refractivity (Wildman–Crippen MR) is 211 cm³/mol. The van der Waals surface area contributed by atoms with E-state index in [4.69, 9.17) is 0 Å². The molecule has 10 aromatic rings. The molecule has 0 radical (unpaired) electrons. The Morgan fingerprint density at radius 1 is 0.220 bits per heavy atom. The van der Waals surface area contributed by atoms with Gasteiger partial charge >= 0.3 is 0 Å². The van der Waals surface area contributed by atoms with Gasteiger partial charge in [0.25, 0.3) is 0 Å². The van der Waals surface area contributed by atoms with E-state index in [1.807, 2.05) is 0 Å². The smallest absolute Gasteiger partial charge is 0.0547 e. The summed E-state index contributed by atoms with van der Waals surface area (Å²) < 4.78 is 4.83. The zero-order chi connectivity index (χ0) is 33.0. The van der Waals surface area contributed by atoms with Gasteiger partial charge in [0.2, 0.25) is 0 Å². The number of rotatable bonds is 5. The van der Waals surface area contributed by atoms with Crippen LogP contribution < -0.4 is 0 Å². The number of hydrogen-bond donors (Lipinski definition) is 0. The van der Waals surface area contributed by atoms with Crippen molar-refractivity contribution in [2.45, 2.75) is 0 Å². The normalized spacial score (nSPS) is 11.6. The van der Waals surface area contributed by atoms with Crippen LogP contribution in [0.4, 0.5) is 0 Å². The number of para-hydroxylation sites is 3. The summed E-state index contributed by atoms with van der Waals surface area (Å²) in [5.74, 6) is 0. The van der Waals surface area contributed by atoms with Crippen LogP contribution in [0.25, 0.3) is 88.4 Å². The van der Waals surface area contributed by atoms with Gasteiger partial charge in [-0.2, -0.15) is 0 Å². The van der Waals surface area contributed by atoms with Crippen LogP contribution in [0.1, 0.15) is 0 Å². The zero-order valence-electron chi connectivity index (χ0n) is 27.4. The summed E-state index contributed by atoms with van der Waals surface area (Å²) in [7, 11) is 0. The van der Waals surface area contributed by atoms with Gasteiger partial charge in [-0.05, 0) is 100 Å². The molecule has 50 heavy (non-hydrogen) atoms. The highest BCUT2D eigenvalue weighted by Gasteiger charge is 2.17. The summed E-state index contributed by atoms with van der Waals surface area (Å²) in [6.07, 6.45) is 0. The minimum absolute atomic E-state index is 1.15. The van der Waals surface area contributed by atoms with Crippen LogP contribution in [-0.2, 0) is 0 Å². The van der Waals surface area contributed by atoms with E-state index in [-0.39, 0.29) is 0 Å². The predicted octanol–water partition coefficient (Wildman–Crippen LogP) is 12.9. The van der Waals surface area contributed by atoms with E-state index in [0.29, 0.717) is 0 Å². The highest BCUT2D eigenvalue weighted by Crippen LogP contribution is 2.39. The molecular formula is C48H32N2. The second kappa shape index (κ2) is 11.5. The van der Waals surface area contributed by atoms with Crippen molar-refractivity contribution in [2.24, 2.45) is 0 Å². The van der Waals surface area contributed by atoms with Crippen LogP contribution >= 0.6 is 0 Å². The van der Waals surface area contributed by atoms with Crippen LogP contribution in [0.2, 0.25) is 0 Å². The van der Waals surface area contributed by atoms with E-state index in [0.717, 1.165) is 11.4 Å². The second-order valence-corrected chi connectivity index (χ2v) is 13.0. The molecule has 0 saturated heterocycles. The summed E-state index contributed by atoms with van der Waals surface area (Å²) in [4.78, 5) is 0. The summed E-state index contributed by atoms with van der Waals surface area (Å²) in [5, 5.41) is 5.01. The first-order valence-electron chi connectivity index (χ1n) is 17.2. The molecule has 2 nitrogen and oxygen atoms in total. The molecule has 0 bridgehead atoms. The van der Waals surface area contributed by atoms with Gasteiger partial charge in [-0.3, -0.25) is 0 Å². The fourth-order valence-corrected chi connectivity index (χ4v) is 7.77. The highest BCUT2D eigenvalue weighted by atomic mass is 15.0. The largest absolute Gasteiger partial charge is 0.309 e. The quantitative estimate of drug-likeness (QED) is 0.178. The Hall–Kier alpha value is -6.64. The summed E-state index contributed by atoms with van der Waals surface area (Å²) in [6.45, 7) is 0. The van der Waals surface area contributed by atoms with Gasteiger partial charge < -0.3 is 9.13 Å². The SMILES string of the molecule is c1ccc(-c2cc(-c3ccccc3)cc(-c3ccc4c5cc(-n6c7ccccc7c7ccccc76)ccc5n(-c5ccccc5)c4c3)c2)cc1. The Bertz CT molecular complexity index is 2730. The average Bonchev–Trinajstić information content (AvgIpc) is 3.71. The molecular weight excluding hydrogens is 605 g/mol. The molecule has 0 atom stereocenters. The molecule has 2 heteroatoms. The molecule has 10 rings (SSSR count). The minimum Gasteiger partial charge on any atom is -0.309 e. The maximum absolute atomic E-state index is 2.42. The molecule has 0 aliphatic heterocycles. The van der Waals surface area contributed by atoms with Crippen LogP contribution in [-0.4, -0.2) is 9.13 Å². The molecule has 0 aliphatic rings. The molecule has 0 unspecified atom stereocenters. The third-order valence-corrected chi connectivity index (χ3v) is 10.1. The lowest BCUT2D eigenvalue weighted by Gasteiger charge is -2.12. The maximum atomic E-state index is 2.42. The number of aromatic nitrogens is 2.